The fraction of sp³-hybridized carbons (Fsp3) is 0.200. The van der Waals surface area contributed by atoms with E-state index in [-0.39, 0.29) is 0 Å². The van der Waals surface area contributed by atoms with Crippen molar-refractivity contribution in [3.05, 3.63) is 35.4 Å². The summed E-state index contributed by atoms with van der Waals surface area (Å²) in [7, 11) is 0.879. The Morgan fingerprint density at radius 3 is 2.50 bits per heavy atom. The molecule has 0 bridgehead atoms. The summed E-state index contributed by atoms with van der Waals surface area (Å²) in [6.45, 7) is 0. The molecule has 0 radical (unpaired) electrons. The fourth-order valence-electron chi connectivity index (χ4n) is 1.03. The minimum atomic E-state index is -2.65. The Hall–Kier alpha value is -1.85. The molecule has 0 saturated carbocycles. The Morgan fingerprint density at radius 1 is 1.31 bits per heavy atom. The lowest BCUT2D eigenvalue weighted by Crippen LogP contribution is -2.27. The van der Waals surface area contributed by atoms with Gasteiger partial charge in [0.15, 0.2) is 0 Å². The molecule has 0 aliphatic rings. The van der Waals surface area contributed by atoms with Crippen molar-refractivity contribution < 1.29 is 27.5 Å². The highest BCUT2D eigenvalue weighted by molar-refractivity contribution is 6.11. The summed E-state index contributed by atoms with van der Waals surface area (Å²) in [6, 6.07) is 1.97. The SMILES string of the molecule is COC(=O)C(F)C(=O)c1cc(F)ccc1F. The number of esters is 1. The molecular weight excluding hydrogens is 225 g/mol. The lowest BCUT2D eigenvalue weighted by Gasteiger charge is -2.06. The van der Waals surface area contributed by atoms with Crippen LogP contribution in [0.25, 0.3) is 0 Å². The zero-order valence-corrected chi connectivity index (χ0v) is 8.17. The van der Waals surface area contributed by atoms with Crippen LogP contribution in [0.3, 0.4) is 0 Å². The first-order valence-corrected chi connectivity index (χ1v) is 4.18. The highest BCUT2D eigenvalue weighted by atomic mass is 19.1. The molecule has 0 fully saturated rings. The molecule has 0 heterocycles. The van der Waals surface area contributed by atoms with E-state index in [1.165, 1.54) is 0 Å². The number of benzene rings is 1. The zero-order chi connectivity index (χ0) is 12.3. The number of carbonyl (C=O) groups is 2. The van der Waals surface area contributed by atoms with E-state index in [9.17, 15) is 22.8 Å². The van der Waals surface area contributed by atoms with Crippen LogP contribution in [-0.4, -0.2) is 25.0 Å². The van der Waals surface area contributed by atoms with Crippen LogP contribution in [0.1, 0.15) is 10.4 Å². The van der Waals surface area contributed by atoms with Gasteiger partial charge in [0.25, 0.3) is 6.17 Å². The van der Waals surface area contributed by atoms with E-state index < -0.39 is 35.1 Å². The number of alkyl halides is 1. The third kappa shape index (κ3) is 2.39. The average Bonchev–Trinajstić information content (AvgIpc) is 2.29. The van der Waals surface area contributed by atoms with Gasteiger partial charge in [-0.05, 0) is 18.2 Å². The van der Waals surface area contributed by atoms with Crippen LogP contribution in [0.15, 0.2) is 18.2 Å². The Kier molecular flexibility index (Phi) is 3.65. The summed E-state index contributed by atoms with van der Waals surface area (Å²) >= 11 is 0. The minimum absolute atomic E-state index is 0.521. The quantitative estimate of drug-likeness (QED) is 0.452. The highest BCUT2D eigenvalue weighted by Crippen LogP contribution is 2.14. The maximum Gasteiger partial charge on any atom is 0.348 e. The predicted molar refractivity (Wildman–Crippen MR) is 47.6 cm³/mol. The topological polar surface area (TPSA) is 43.4 Å². The molecule has 1 atom stereocenters. The smallest absolute Gasteiger partial charge is 0.348 e. The van der Waals surface area contributed by atoms with E-state index in [1.807, 2.05) is 0 Å². The molecule has 3 nitrogen and oxygen atoms in total. The lowest BCUT2D eigenvalue weighted by molar-refractivity contribution is -0.144. The third-order valence-corrected chi connectivity index (χ3v) is 1.83. The Balaban J connectivity index is 3.05. The van der Waals surface area contributed by atoms with Gasteiger partial charge < -0.3 is 4.74 Å². The van der Waals surface area contributed by atoms with Crippen LogP contribution in [0.5, 0.6) is 0 Å². The second-order valence-corrected chi connectivity index (χ2v) is 2.87. The van der Waals surface area contributed by atoms with Crippen molar-refractivity contribution in [1.82, 2.24) is 0 Å². The molecule has 1 unspecified atom stereocenters. The van der Waals surface area contributed by atoms with Gasteiger partial charge in [0.1, 0.15) is 11.6 Å². The number of hydrogen-bond donors (Lipinski definition) is 0. The van der Waals surface area contributed by atoms with Crippen LogP contribution in [0.4, 0.5) is 13.2 Å². The van der Waals surface area contributed by atoms with E-state index in [2.05, 4.69) is 4.74 Å². The van der Waals surface area contributed by atoms with Gasteiger partial charge in [0, 0.05) is 0 Å². The molecular formula is C10H7F3O3. The van der Waals surface area contributed by atoms with Crippen LogP contribution in [0, 0.1) is 11.6 Å². The number of rotatable bonds is 3. The summed E-state index contributed by atoms with van der Waals surface area (Å²) in [5.74, 6) is -4.92. The molecule has 0 aromatic heterocycles. The standard InChI is InChI=1S/C10H7F3O3/c1-16-10(15)8(13)9(14)6-4-5(11)2-3-7(6)12/h2-4,8H,1H3. The lowest BCUT2D eigenvalue weighted by atomic mass is 10.1. The molecule has 0 aliphatic carbocycles. The Morgan fingerprint density at radius 2 is 1.94 bits per heavy atom. The van der Waals surface area contributed by atoms with Gasteiger partial charge in [0.05, 0.1) is 12.7 Å². The van der Waals surface area contributed by atoms with Crippen LogP contribution < -0.4 is 0 Å². The molecule has 0 aliphatic heterocycles. The van der Waals surface area contributed by atoms with Crippen LogP contribution >= 0.6 is 0 Å². The maximum atomic E-state index is 13.1. The van der Waals surface area contributed by atoms with Gasteiger partial charge in [-0.15, -0.1) is 0 Å². The van der Waals surface area contributed by atoms with E-state index in [0.717, 1.165) is 13.2 Å². The third-order valence-electron chi connectivity index (χ3n) is 1.83. The van der Waals surface area contributed by atoms with Crippen molar-refractivity contribution >= 4 is 11.8 Å². The largest absolute Gasteiger partial charge is 0.467 e. The molecule has 0 amide bonds. The predicted octanol–water partition coefficient (Wildman–Crippen LogP) is 1.66. The summed E-state index contributed by atoms with van der Waals surface area (Å²) in [5, 5.41) is 0. The molecule has 1 aromatic rings. The van der Waals surface area contributed by atoms with E-state index in [4.69, 9.17) is 0 Å². The van der Waals surface area contributed by atoms with Crippen molar-refractivity contribution in [2.75, 3.05) is 7.11 Å². The molecule has 86 valence electrons. The first-order valence-electron chi connectivity index (χ1n) is 4.18. The Labute approximate surface area is 88.8 Å². The van der Waals surface area contributed by atoms with Crippen molar-refractivity contribution in [3.8, 4) is 0 Å². The van der Waals surface area contributed by atoms with E-state index >= 15 is 0 Å². The van der Waals surface area contributed by atoms with Crippen molar-refractivity contribution in [1.29, 1.82) is 0 Å². The molecule has 0 N–H and O–H groups in total. The number of Topliss-reactive ketones (excluding diaryl/α,β-unsaturated/α-hetero) is 1. The van der Waals surface area contributed by atoms with Crippen LogP contribution in [-0.2, 0) is 9.53 Å². The summed E-state index contributed by atoms with van der Waals surface area (Å²) < 4.78 is 42.8. The van der Waals surface area contributed by atoms with Crippen molar-refractivity contribution in [2.24, 2.45) is 0 Å². The zero-order valence-electron chi connectivity index (χ0n) is 8.17. The van der Waals surface area contributed by atoms with Gasteiger partial charge in [-0.25, -0.2) is 18.0 Å². The highest BCUT2D eigenvalue weighted by Gasteiger charge is 2.30. The molecule has 0 saturated heterocycles. The Bertz CT molecular complexity index is 431. The van der Waals surface area contributed by atoms with E-state index in [1.54, 1.807) is 0 Å². The molecule has 1 rings (SSSR count). The number of hydrogen-bond acceptors (Lipinski definition) is 3. The fourth-order valence-corrected chi connectivity index (χ4v) is 1.03. The number of ether oxygens (including phenoxy) is 1. The molecule has 1 aromatic carbocycles. The maximum absolute atomic E-state index is 13.1. The average molecular weight is 232 g/mol. The normalized spacial score (nSPS) is 12.0. The molecule has 16 heavy (non-hydrogen) atoms. The first kappa shape index (κ1) is 12.2. The molecule has 6 heteroatoms. The van der Waals surface area contributed by atoms with Gasteiger partial charge >= 0.3 is 5.97 Å². The van der Waals surface area contributed by atoms with Crippen molar-refractivity contribution in [3.63, 3.8) is 0 Å². The number of ketones is 1. The second-order valence-electron chi connectivity index (χ2n) is 2.87. The summed E-state index contributed by atoms with van der Waals surface area (Å²) in [6.07, 6.45) is -2.65. The van der Waals surface area contributed by atoms with Gasteiger partial charge in [-0.2, -0.15) is 0 Å². The summed E-state index contributed by atoms with van der Waals surface area (Å²) in [5.41, 5.74) is -0.821. The van der Waals surface area contributed by atoms with E-state index in [0.29, 0.717) is 12.1 Å². The number of methoxy groups -OCH3 is 1. The van der Waals surface area contributed by atoms with Gasteiger partial charge in [0.2, 0.25) is 5.78 Å². The number of halogens is 3. The first-order chi connectivity index (χ1) is 7.47. The minimum Gasteiger partial charge on any atom is -0.467 e. The number of carbonyl (C=O) groups excluding carboxylic acids is 2. The monoisotopic (exact) mass is 232 g/mol. The van der Waals surface area contributed by atoms with Gasteiger partial charge in [-0.3, -0.25) is 4.79 Å². The van der Waals surface area contributed by atoms with Crippen LogP contribution in [0.2, 0.25) is 0 Å². The molecule has 0 spiro atoms. The van der Waals surface area contributed by atoms with Gasteiger partial charge in [-0.1, -0.05) is 0 Å². The van der Waals surface area contributed by atoms with Crippen molar-refractivity contribution in [2.45, 2.75) is 6.17 Å². The summed E-state index contributed by atoms with van der Waals surface area (Å²) in [4.78, 5) is 21.9. The second kappa shape index (κ2) is 4.78.